The zero-order chi connectivity index (χ0) is 18.8. The molecule has 0 fully saturated rings. The van der Waals surface area contributed by atoms with Crippen molar-refractivity contribution in [3.63, 3.8) is 0 Å². The van der Waals surface area contributed by atoms with E-state index in [-0.39, 0.29) is 12.0 Å². The van der Waals surface area contributed by atoms with E-state index in [1.807, 2.05) is 61.2 Å². The Hall–Kier alpha value is -3.14. The Morgan fingerprint density at radius 3 is 2.44 bits per heavy atom. The van der Waals surface area contributed by atoms with Crippen molar-refractivity contribution >= 4 is 11.6 Å². The highest BCUT2D eigenvalue weighted by Gasteiger charge is 2.25. The molecule has 0 saturated carbocycles. The summed E-state index contributed by atoms with van der Waals surface area (Å²) in [6, 6.07) is 17.7. The summed E-state index contributed by atoms with van der Waals surface area (Å²) in [7, 11) is 0. The number of amides is 1. The number of hydrogen-bond donors (Lipinski definition) is 0. The number of fused-ring (bicyclic) bond motifs is 1. The lowest BCUT2D eigenvalue weighted by Gasteiger charge is -2.18. The number of carbonyl (C=O) groups excluding carboxylic acids is 1. The predicted octanol–water partition coefficient (Wildman–Crippen LogP) is 4.74. The summed E-state index contributed by atoms with van der Waals surface area (Å²) >= 11 is 0. The van der Waals surface area contributed by atoms with Crippen LogP contribution in [0.1, 0.15) is 29.8 Å². The van der Waals surface area contributed by atoms with E-state index in [2.05, 4.69) is 17.1 Å². The molecule has 3 aromatic rings. The van der Waals surface area contributed by atoms with Crippen molar-refractivity contribution in [3.8, 4) is 16.9 Å². The Labute approximate surface area is 159 Å². The van der Waals surface area contributed by atoms with Crippen LogP contribution in [0.5, 0.6) is 5.75 Å². The van der Waals surface area contributed by atoms with Crippen molar-refractivity contribution in [1.29, 1.82) is 0 Å². The second-order valence-corrected chi connectivity index (χ2v) is 6.98. The Morgan fingerprint density at radius 1 is 1.00 bits per heavy atom. The lowest BCUT2D eigenvalue weighted by atomic mass is 10.0. The number of pyridine rings is 1. The van der Waals surface area contributed by atoms with Crippen LogP contribution in [0.2, 0.25) is 0 Å². The number of ether oxygens (including phenoxy) is 1. The SMILES string of the molecule is CC(C)Oc1ccc(C(=O)N2CCc3cc(-c4ccncc4)ccc32)cc1. The first-order chi connectivity index (χ1) is 13.1. The molecule has 4 heteroatoms. The fourth-order valence-corrected chi connectivity index (χ4v) is 3.44. The van der Waals surface area contributed by atoms with Gasteiger partial charge < -0.3 is 9.64 Å². The molecule has 0 aliphatic carbocycles. The molecular weight excluding hydrogens is 336 g/mol. The molecule has 0 unspecified atom stereocenters. The lowest BCUT2D eigenvalue weighted by Crippen LogP contribution is -2.28. The summed E-state index contributed by atoms with van der Waals surface area (Å²) in [6.45, 7) is 4.68. The normalized spacial score (nSPS) is 12.9. The predicted molar refractivity (Wildman–Crippen MR) is 107 cm³/mol. The fourth-order valence-electron chi connectivity index (χ4n) is 3.44. The number of nitrogens with zero attached hydrogens (tertiary/aromatic N) is 2. The highest BCUT2D eigenvalue weighted by atomic mass is 16.5. The summed E-state index contributed by atoms with van der Waals surface area (Å²) in [5, 5.41) is 0. The molecule has 0 radical (unpaired) electrons. The van der Waals surface area contributed by atoms with Gasteiger partial charge in [0.15, 0.2) is 0 Å². The molecule has 27 heavy (non-hydrogen) atoms. The zero-order valence-electron chi connectivity index (χ0n) is 15.6. The highest BCUT2D eigenvalue weighted by Crippen LogP contribution is 2.33. The van der Waals surface area contributed by atoms with Gasteiger partial charge in [-0.2, -0.15) is 0 Å². The molecule has 1 amide bonds. The molecule has 2 heterocycles. The molecular formula is C23H22N2O2. The first kappa shape index (κ1) is 17.3. The van der Waals surface area contributed by atoms with Gasteiger partial charge >= 0.3 is 0 Å². The maximum atomic E-state index is 13.0. The number of anilines is 1. The number of carbonyl (C=O) groups is 1. The molecule has 1 aromatic heterocycles. The molecule has 0 bridgehead atoms. The largest absolute Gasteiger partial charge is 0.491 e. The number of benzene rings is 2. The minimum Gasteiger partial charge on any atom is -0.491 e. The minimum atomic E-state index is 0.0292. The standard InChI is InChI=1S/C23H22N2O2/c1-16(2)27-21-6-3-18(4-7-21)23(26)25-14-11-20-15-19(5-8-22(20)25)17-9-12-24-13-10-17/h3-10,12-13,15-16H,11,14H2,1-2H3. The topological polar surface area (TPSA) is 42.4 Å². The summed E-state index contributed by atoms with van der Waals surface area (Å²) < 4.78 is 5.66. The Kier molecular flexibility index (Phi) is 4.63. The zero-order valence-corrected chi connectivity index (χ0v) is 15.6. The summed E-state index contributed by atoms with van der Waals surface area (Å²) in [6.07, 6.45) is 4.58. The van der Waals surface area contributed by atoms with Crippen LogP contribution >= 0.6 is 0 Å². The first-order valence-electron chi connectivity index (χ1n) is 9.24. The van der Waals surface area contributed by atoms with Crippen LogP contribution in [0.15, 0.2) is 67.0 Å². The van der Waals surface area contributed by atoms with Crippen molar-refractivity contribution < 1.29 is 9.53 Å². The summed E-state index contributed by atoms with van der Waals surface area (Å²) in [5.41, 5.74) is 5.17. The monoisotopic (exact) mass is 358 g/mol. The van der Waals surface area contributed by atoms with E-state index in [1.54, 1.807) is 12.4 Å². The van der Waals surface area contributed by atoms with Crippen molar-refractivity contribution in [2.45, 2.75) is 26.4 Å². The van der Waals surface area contributed by atoms with E-state index in [4.69, 9.17) is 4.74 Å². The van der Waals surface area contributed by atoms with Gasteiger partial charge in [0.2, 0.25) is 0 Å². The van der Waals surface area contributed by atoms with Gasteiger partial charge in [0.05, 0.1) is 6.10 Å². The average Bonchev–Trinajstić information content (AvgIpc) is 3.11. The molecule has 4 rings (SSSR count). The van der Waals surface area contributed by atoms with Crippen LogP contribution in [0.4, 0.5) is 5.69 Å². The van der Waals surface area contributed by atoms with Gasteiger partial charge in [0.25, 0.3) is 5.91 Å². The Morgan fingerprint density at radius 2 is 1.74 bits per heavy atom. The third-order valence-corrected chi connectivity index (χ3v) is 4.71. The molecule has 136 valence electrons. The van der Waals surface area contributed by atoms with Gasteiger partial charge in [-0.3, -0.25) is 9.78 Å². The van der Waals surface area contributed by atoms with Crippen molar-refractivity contribution in [2.24, 2.45) is 0 Å². The fraction of sp³-hybridized carbons (Fsp3) is 0.217. The Balaban J connectivity index is 1.56. The molecule has 1 aliphatic rings. The van der Waals surface area contributed by atoms with Gasteiger partial charge in [-0.05, 0) is 85.5 Å². The lowest BCUT2D eigenvalue weighted by molar-refractivity contribution is 0.0989. The molecule has 2 aromatic carbocycles. The van der Waals surface area contributed by atoms with Crippen molar-refractivity contribution in [2.75, 3.05) is 11.4 Å². The molecule has 0 spiro atoms. The van der Waals surface area contributed by atoms with Gasteiger partial charge in [-0.25, -0.2) is 0 Å². The highest BCUT2D eigenvalue weighted by molar-refractivity contribution is 6.07. The molecule has 0 saturated heterocycles. The number of rotatable bonds is 4. The van der Waals surface area contributed by atoms with Gasteiger partial charge in [0.1, 0.15) is 5.75 Å². The maximum absolute atomic E-state index is 13.0. The molecule has 4 nitrogen and oxygen atoms in total. The van der Waals surface area contributed by atoms with Crippen LogP contribution in [-0.4, -0.2) is 23.5 Å². The average molecular weight is 358 g/mol. The van der Waals surface area contributed by atoms with Crippen LogP contribution in [0, 0.1) is 0 Å². The van der Waals surface area contributed by atoms with Gasteiger partial charge in [-0.15, -0.1) is 0 Å². The van der Waals surface area contributed by atoms with Crippen LogP contribution in [-0.2, 0) is 6.42 Å². The van der Waals surface area contributed by atoms with Gasteiger partial charge in [-0.1, -0.05) is 6.07 Å². The number of hydrogen-bond acceptors (Lipinski definition) is 3. The third-order valence-electron chi connectivity index (χ3n) is 4.71. The summed E-state index contributed by atoms with van der Waals surface area (Å²) in [4.78, 5) is 18.9. The smallest absolute Gasteiger partial charge is 0.258 e. The second-order valence-electron chi connectivity index (χ2n) is 6.98. The molecule has 1 aliphatic heterocycles. The quantitative estimate of drug-likeness (QED) is 0.676. The third kappa shape index (κ3) is 3.56. The molecule has 0 N–H and O–H groups in total. The summed E-state index contributed by atoms with van der Waals surface area (Å²) in [5.74, 6) is 0.812. The maximum Gasteiger partial charge on any atom is 0.258 e. The van der Waals surface area contributed by atoms with E-state index >= 15 is 0 Å². The van der Waals surface area contributed by atoms with Crippen LogP contribution < -0.4 is 9.64 Å². The van der Waals surface area contributed by atoms with Crippen molar-refractivity contribution in [3.05, 3.63) is 78.1 Å². The van der Waals surface area contributed by atoms with Gasteiger partial charge in [0, 0.05) is 30.2 Å². The van der Waals surface area contributed by atoms with Crippen molar-refractivity contribution in [1.82, 2.24) is 4.98 Å². The molecule has 0 atom stereocenters. The Bertz CT molecular complexity index is 950. The van der Waals surface area contributed by atoms with Crippen LogP contribution in [0.25, 0.3) is 11.1 Å². The first-order valence-corrected chi connectivity index (χ1v) is 9.24. The van der Waals surface area contributed by atoms with E-state index in [0.29, 0.717) is 12.1 Å². The van der Waals surface area contributed by atoms with E-state index < -0.39 is 0 Å². The van der Waals surface area contributed by atoms with Crippen LogP contribution in [0.3, 0.4) is 0 Å². The number of aromatic nitrogens is 1. The minimum absolute atomic E-state index is 0.0292. The van der Waals surface area contributed by atoms with E-state index in [0.717, 1.165) is 29.0 Å². The van der Waals surface area contributed by atoms with E-state index in [9.17, 15) is 4.79 Å². The second kappa shape index (κ2) is 7.23. The van der Waals surface area contributed by atoms with E-state index in [1.165, 1.54) is 5.56 Å².